The molecule has 1 heterocycles. The maximum atomic E-state index is 13.7. The van der Waals surface area contributed by atoms with Crippen LogP contribution in [-0.4, -0.2) is 73.0 Å². The van der Waals surface area contributed by atoms with E-state index in [1.54, 1.807) is 0 Å². The lowest BCUT2D eigenvalue weighted by molar-refractivity contribution is -0.121. The summed E-state index contributed by atoms with van der Waals surface area (Å²) in [6.07, 6.45) is -2.51. The molecule has 0 spiro atoms. The van der Waals surface area contributed by atoms with Crippen LogP contribution >= 0.6 is 11.3 Å². The molecule has 1 aromatic carbocycles. The molecule has 4 atom stereocenters. The van der Waals surface area contributed by atoms with Crippen LogP contribution in [-0.2, 0) is 21.2 Å². The summed E-state index contributed by atoms with van der Waals surface area (Å²) < 4.78 is 51.6. The number of nitrogens with one attached hydrogen (secondary N) is 2. The van der Waals surface area contributed by atoms with Crippen molar-refractivity contribution in [2.45, 2.75) is 44.6 Å². The first kappa shape index (κ1) is 27.6. The minimum Gasteiger partial charge on any atom is -0.388 e. The number of hydrogen-bond acceptors (Lipinski definition) is 8. The Balaban J connectivity index is 2.30. The number of anilines is 1. The molecule has 0 bridgehead atoms. The van der Waals surface area contributed by atoms with E-state index in [9.17, 15) is 37.0 Å². The van der Waals surface area contributed by atoms with Crippen LogP contribution < -0.4 is 14.9 Å². The summed E-state index contributed by atoms with van der Waals surface area (Å²) in [5.74, 6) is -3.01. The van der Waals surface area contributed by atoms with Crippen LogP contribution in [0.1, 0.15) is 29.9 Å². The number of benzene rings is 1. The van der Waals surface area contributed by atoms with Gasteiger partial charge in [-0.3, -0.25) is 9.59 Å². The molecule has 0 aliphatic rings. The first-order valence-corrected chi connectivity index (χ1v) is 12.7. The highest BCUT2D eigenvalue weighted by molar-refractivity contribution is 7.92. The molecular formula is C20H26F2N4O6S2. The molecule has 0 aliphatic heterocycles. The lowest BCUT2D eigenvalue weighted by Crippen LogP contribution is -2.55. The van der Waals surface area contributed by atoms with Gasteiger partial charge in [0.1, 0.15) is 29.5 Å². The number of aliphatic hydroxyl groups is 2. The Kier molecular flexibility index (Phi) is 9.05. The zero-order chi connectivity index (χ0) is 25.8. The number of aromatic nitrogens is 1. The van der Waals surface area contributed by atoms with Gasteiger partial charge in [-0.05, 0) is 31.0 Å². The molecule has 1 aromatic heterocycles. The average Bonchev–Trinajstić information content (AvgIpc) is 3.19. The largest absolute Gasteiger partial charge is 0.388 e. The highest BCUT2D eigenvalue weighted by atomic mass is 32.2. The smallest absolute Gasteiger partial charge is 0.271 e. The van der Waals surface area contributed by atoms with Gasteiger partial charge in [-0.25, -0.2) is 26.5 Å². The number of rotatable bonds is 10. The van der Waals surface area contributed by atoms with E-state index >= 15 is 0 Å². The fourth-order valence-electron chi connectivity index (χ4n) is 3.08. The normalized spacial score (nSPS) is 15.2. The predicted molar refractivity (Wildman–Crippen MR) is 122 cm³/mol. The van der Waals surface area contributed by atoms with Gasteiger partial charge in [-0.15, -0.1) is 11.3 Å². The van der Waals surface area contributed by atoms with Gasteiger partial charge in [-0.2, -0.15) is 0 Å². The van der Waals surface area contributed by atoms with Crippen LogP contribution in [0, 0.1) is 11.6 Å². The summed E-state index contributed by atoms with van der Waals surface area (Å²) in [5.41, 5.74) is -0.0699. The Hall–Kier alpha value is -2.68. The molecule has 2 aromatic rings. The zero-order valence-corrected chi connectivity index (χ0v) is 20.5. The highest BCUT2D eigenvalue weighted by Crippen LogP contribution is 2.22. The molecule has 4 N–H and O–H groups in total. The van der Waals surface area contributed by atoms with E-state index in [1.165, 1.54) is 26.3 Å². The van der Waals surface area contributed by atoms with E-state index in [4.69, 9.17) is 0 Å². The number of carbonyl (C=O) groups is 2. The third-order valence-electron chi connectivity index (χ3n) is 4.89. The Morgan fingerprint density at radius 3 is 2.26 bits per heavy atom. The van der Waals surface area contributed by atoms with E-state index in [0.717, 1.165) is 34.0 Å². The number of nitrogens with zero attached hydrogens (tertiary/aromatic N) is 2. The highest BCUT2D eigenvalue weighted by Gasteiger charge is 2.33. The van der Waals surface area contributed by atoms with E-state index in [0.29, 0.717) is 6.07 Å². The maximum absolute atomic E-state index is 13.7. The van der Waals surface area contributed by atoms with E-state index in [-0.39, 0.29) is 22.8 Å². The van der Waals surface area contributed by atoms with Crippen molar-refractivity contribution >= 4 is 38.3 Å². The van der Waals surface area contributed by atoms with Crippen LogP contribution in [0.25, 0.3) is 0 Å². The van der Waals surface area contributed by atoms with Crippen LogP contribution in [0.5, 0.6) is 0 Å². The molecule has 0 aliphatic carbocycles. The second-order valence-electron chi connectivity index (χ2n) is 7.78. The standard InChI is InChI=1S/C20H26F2N4O6S2/c1-10(23-11(2)27)17(28)18(29)15(7-12-5-13(21)8-14(22)6-12)24-19(30)16-9-33-20(25-16)26(3)34(4,31)32/h5-6,8-10,15,17-18,28-29H,7H2,1-4H3,(H,23,27)(H,24,30). The molecule has 14 heteroatoms. The minimum absolute atomic E-state index is 0.0243. The predicted octanol–water partition coefficient (Wildman–Crippen LogP) is 0.405. The fraction of sp³-hybridized carbons (Fsp3) is 0.450. The van der Waals surface area contributed by atoms with Gasteiger partial charge >= 0.3 is 0 Å². The van der Waals surface area contributed by atoms with Gasteiger partial charge in [0.05, 0.1) is 18.3 Å². The molecular weight excluding hydrogens is 494 g/mol. The minimum atomic E-state index is -3.61. The fourth-order valence-corrected chi connectivity index (χ4v) is 4.61. The number of aliphatic hydroxyl groups excluding tert-OH is 2. The SMILES string of the molecule is CC(=O)NC(C)C(O)C(O)C(Cc1cc(F)cc(F)c1)NC(=O)c1csc(N(C)S(C)(=O)=O)n1. The topological polar surface area (TPSA) is 149 Å². The first-order chi connectivity index (χ1) is 15.7. The first-order valence-electron chi connectivity index (χ1n) is 9.97. The second kappa shape index (κ2) is 11.2. The summed E-state index contributed by atoms with van der Waals surface area (Å²) in [4.78, 5) is 28.1. The van der Waals surface area contributed by atoms with Crippen molar-refractivity contribution in [1.29, 1.82) is 0 Å². The van der Waals surface area contributed by atoms with Crippen LogP contribution in [0.4, 0.5) is 13.9 Å². The number of sulfonamides is 1. The summed E-state index contributed by atoms with van der Waals surface area (Å²) in [7, 11) is -2.35. The Bertz CT molecular complexity index is 1120. The molecule has 0 fully saturated rings. The molecule has 0 radical (unpaired) electrons. The summed E-state index contributed by atoms with van der Waals surface area (Å²) in [6, 6.07) is 0.528. The molecule has 0 saturated heterocycles. The van der Waals surface area contributed by atoms with Crippen molar-refractivity contribution < 1.29 is 37.0 Å². The average molecular weight is 521 g/mol. The van der Waals surface area contributed by atoms with Crippen molar-refractivity contribution in [2.75, 3.05) is 17.6 Å². The van der Waals surface area contributed by atoms with Gasteiger partial charge in [0.15, 0.2) is 5.13 Å². The Morgan fingerprint density at radius 2 is 1.74 bits per heavy atom. The van der Waals surface area contributed by atoms with Crippen LogP contribution in [0.15, 0.2) is 23.6 Å². The van der Waals surface area contributed by atoms with Gasteiger partial charge < -0.3 is 20.8 Å². The molecule has 10 nitrogen and oxygen atoms in total. The van der Waals surface area contributed by atoms with E-state index in [2.05, 4.69) is 15.6 Å². The number of hydrogen-bond donors (Lipinski definition) is 4. The third-order valence-corrected chi connectivity index (χ3v) is 7.09. The summed E-state index contributed by atoms with van der Waals surface area (Å²) in [5, 5.41) is 27.5. The van der Waals surface area contributed by atoms with Gasteiger partial charge in [-0.1, -0.05) is 0 Å². The lowest BCUT2D eigenvalue weighted by Gasteiger charge is -2.31. The summed E-state index contributed by atoms with van der Waals surface area (Å²) in [6.45, 7) is 2.65. The molecule has 2 rings (SSSR count). The number of halogens is 2. The van der Waals surface area contributed by atoms with Crippen molar-refractivity contribution in [2.24, 2.45) is 0 Å². The monoisotopic (exact) mass is 520 g/mol. The van der Waals surface area contributed by atoms with E-state index < -0.39 is 57.8 Å². The van der Waals surface area contributed by atoms with Crippen molar-refractivity contribution in [3.8, 4) is 0 Å². The number of carbonyl (C=O) groups excluding carboxylic acids is 2. The van der Waals surface area contributed by atoms with Crippen molar-refractivity contribution in [3.63, 3.8) is 0 Å². The lowest BCUT2D eigenvalue weighted by atomic mass is 9.94. The Labute approximate surface area is 199 Å². The van der Waals surface area contributed by atoms with Crippen LogP contribution in [0.2, 0.25) is 0 Å². The maximum Gasteiger partial charge on any atom is 0.271 e. The molecule has 2 amide bonds. The number of thiazole rings is 1. The Morgan fingerprint density at radius 1 is 1.15 bits per heavy atom. The van der Waals surface area contributed by atoms with Gasteiger partial charge in [0.25, 0.3) is 5.91 Å². The van der Waals surface area contributed by atoms with Crippen molar-refractivity contribution in [1.82, 2.24) is 15.6 Å². The van der Waals surface area contributed by atoms with Gasteiger partial charge in [0, 0.05) is 25.4 Å². The quantitative estimate of drug-likeness (QED) is 0.354. The number of amides is 2. The molecule has 0 saturated carbocycles. The summed E-state index contributed by atoms with van der Waals surface area (Å²) >= 11 is 0.891. The molecule has 4 unspecified atom stereocenters. The molecule has 188 valence electrons. The second-order valence-corrected chi connectivity index (χ2v) is 10.6. The molecule has 34 heavy (non-hydrogen) atoms. The van der Waals surface area contributed by atoms with Crippen LogP contribution in [0.3, 0.4) is 0 Å². The van der Waals surface area contributed by atoms with E-state index in [1.807, 2.05) is 0 Å². The third kappa shape index (κ3) is 7.41. The zero-order valence-electron chi connectivity index (χ0n) is 18.8. The van der Waals surface area contributed by atoms with Crippen molar-refractivity contribution in [3.05, 3.63) is 46.5 Å². The van der Waals surface area contributed by atoms with Gasteiger partial charge in [0.2, 0.25) is 15.9 Å².